The lowest BCUT2D eigenvalue weighted by Crippen LogP contribution is -2.56. The zero-order valence-electron chi connectivity index (χ0n) is 54.2. The highest BCUT2D eigenvalue weighted by Gasteiger charge is 2.45. The van der Waals surface area contributed by atoms with Gasteiger partial charge in [0.15, 0.2) is 11.6 Å². The number of phenols is 1. The minimum absolute atomic E-state index is 0. The Hall–Kier alpha value is -7.84. The van der Waals surface area contributed by atoms with Crippen molar-refractivity contribution in [3.8, 4) is 5.75 Å². The summed E-state index contributed by atoms with van der Waals surface area (Å²) >= 11 is 0.280. The van der Waals surface area contributed by atoms with Crippen LogP contribution in [-0.2, 0) is 80.5 Å². The molecule has 524 valence electrons. The Morgan fingerprint density at radius 3 is 2.05 bits per heavy atom. The van der Waals surface area contributed by atoms with E-state index in [1.165, 1.54) is 30.0 Å². The second-order valence-corrected chi connectivity index (χ2v) is 26.5. The number of aromatic hydroxyl groups is 1. The molecule has 2 bridgehead atoms. The second-order valence-electron chi connectivity index (χ2n) is 25.3. The fourth-order valence-electron chi connectivity index (χ4n) is 12.7. The molecule has 0 unspecified atom stereocenters. The van der Waals surface area contributed by atoms with Gasteiger partial charge in [-0.15, -0.1) is 0 Å². The van der Waals surface area contributed by atoms with E-state index in [0.29, 0.717) is 118 Å². The number of nitrogens with two attached hydrogens (primary N) is 1. The van der Waals surface area contributed by atoms with Crippen molar-refractivity contribution in [3.05, 3.63) is 29.8 Å². The van der Waals surface area contributed by atoms with Gasteiger partial charge in [-0.2, -0.15) is 0 Å². The predicted octanol–water partition coefficient (Wildman–Crippen LogP) is -2.22. The molecular formula is C64H94N12O18S. The number of phenolic OH excluding ortho intramolecular Hbond substituents is 1. The molecule has 14 N–H and O–H groups in total. The topological polar surface area (TPSA) is 460 Å². The van der Waals surface area contributed by atoms with E-state index in [2.05, 4.69) is 41.8 Å². The molecule has 10 amide bonds. The first-order chi connectivity index (χ1) is 44.9. The van der Waals surface area contributed by atoms with Crippen LogP contribution >= 0.6 is 0 Å². The Bertz CT molecular complexity index is 3150. The number of primary amides is 1. The number of ketones is 3. The predicted molar refractivity (Wildman–Crippen MR) is 346 cm³/mol. The van der Waals surface area contributed by atoms with Crippen molar-refractivity contribution in [2.75, 3.05) is 82.7 Å². The zero-order valence-corrected chi connectivity index (χ0v) is 55.1. The molecule has 6 heterocycles. The van der Waals surface area contributed by atoms with Crippen LogP contribution in [0.5, 0.6) is 5.75 Å². The molecule has 10 atom stereocenters. The van der Waals surface area contributed by atoms with Crippen LogP contribution in [-0.4, -0.2) is 236 Å². The number of aromatic nitrogens is 1. The molecule has 1 aromatic heterocycles. The molecule has 0 spiro atoms. The van der Waals surface area contributed by atoms with E-state index in [9.17, 15) is 78.0 Å². The summed E-state index contributed by atoms with van der Waals surface area (Å²) in [5.74, 6) is -13.2. The van der Waals surface area contributed by atoms with Crippen LogP contribution in [0.15, 0.2) is 29.3 Å². The third-order valence-electron chi connectivity index (χ3n) is 18.5. The van der Waals surface area contributed by atoms with Crippen molar-refractivity contribution in [1.29, 1.82) is 0 Å². The summed E-state index contributed by atoms with van der Waals surface area (Å²) in [6, 6.07) is -2.71. The molecule has 7 rings (SSSR count). The summed E-state index contributed by atoms with van der Waals surface area (Å²) in [7, 11) is 0. The van der Waals surface area contributed by atoms with Gasteiger partial charge in [-0.1, -0.05) is 46.5 Å². The van der Waals surface area contributed by atoms with Crippen molar-refractivity contribution in [3.63, 3.8) is 0 Å². The fourth-order valence-corrected chi connectivity index (χ4v) is 13.9. The van der Waals surface area contributed by atoms with Gasteiger partial charge in [0, 0.05) is 144 Å². The number of piperazine rings is 1. The number of carbonyl (C=O) groups excluding carboxylic acids is 13. The molecule has 1 aromatic carbocycles. The lowest BCUT2D eigenvalue weighted by atomic mass is 9.85. The molecule has 2 aromatic rings. The number of carbonyl (C=O) groups is 13. The van der Waals surface area contributed by atoms with Crippen LogP contribution in [0, 0.1) is 23.7 Å². The number of hydrogen-bond donors (Lipinski definition) is 12. The average Bonchev–Trinajstić information content (AvgIpc) is 1.65. The third-order valence-corrected chi connectivity index (χ3v) is 19.7. The van der Waals surface area contributed by atoms with Gasteiger partial charge in [0.05, 0.1) is 49.4 Å². The Labute approximate surface area is 555 Å². The average molecular weight is 1350 g/mol. The molecule has 0 aliphatic carbocycles. The number of anilines is 1. The number of aromatic amines is 1. The first-order valence-electron chi connectivity index (χ1n) is 32.8. The van der Waals surface area contributed by atoms with Gasteiger partial charge in [0.1, 0.15) is 41.1 Å². The van der Waals surface area contributed by atoms with Crippen molar-refractivity contribution in [1.82, 2.24) is 51.6 Å². The Balaban J connectivity index is 0.0000143. The van der Waals surface area contributed by atoms with Gasteiger partial charge in [0.25, 0.3) is 11.8 Å². The Morgan fingerprint density at radius 2 is 1.40 bits per heavy atom. The van der Waals surface area contributed by atoms with E-state index in [0.717, 1.165) is 30.6 Å². The molecular weight excluding hydrogens is 1260 g/mol. The zero-order chi connectivity index (χ0) is 68.3. The molecule has 5 aliphatic heterocycles. The Morgan fingerprint density at radius 1 is 0.758 bits per heavy atom. The number of H-pyrrole nitrogens is 1. The van der Waals surface area contributed by atoms with Gasteiger partial charge in [0.2, 0.25) is 52.3 Å². The van der Waals surface area contributed by atoms with E-state index >= 15 is 4.79 Å². The number of benzene rings is 1. The van der Waals surface area contributed by atoms with E-state index in [4.69, 9.17) is 5.73 Å². The molecule has 2 fully saturated rings. The van der Waals surface area contributed by atoms with Crippen molar-refractivity contribution >= 4 is 105 Å². The van der Waals surface area contributed by atoms with E-state index in [1.807, 2.05) is 4.90 Å². The molecule has 0 radical (unpaired) electrons. The fraction of sp³-hybridized carbons (Fsp3) is 0.641. The van der Waals surface area contributed by atoms with Gasteiger partial charge in [-0.05, 0) is 50.2 Å². The molecule has 31 heteroatoms. The van der Waals surface area contributed by atoms with E-state index in [-0.39, 0.29) is 65.1 Å². The first-order valence-corrected chi connectivity index (χ1v) is 33.8. The smallest absolute Gasteiger partial charge is 0.253 e. The largest absolute Gasteiger partial charge is 0.870 e. The number of nitrogens with one attached hydrogen (secondary N) is 7. The number of hydrogen-bond acceptors (Lipinski definition) is 20. The van der Waals surface area contributed by atoms with E-state index in [1.54, 1.807) is 19.9 Å². The number of aliphatic hydroxyl groups excluding tert-OH is 3. The number of unbranched alkanes of at least 4 members (excludes halogenated alkanes) is 5. The number of nitrogens with zero attached hydrogens (tertiary/aromatic N) is 4. The van der Waals surface area contributed by atoms with Crippen molar-refractivity contribution in [2.24, 2.45) is 29.4 Å². The lowest BCUT2D eigenvalue weighted by molar-refractivity contribution is -0.145. The lowest BCUT2D eigenvalue weighted by Gasteiger charge is -2.36. The minimum Gasteiger partial charge on any atom is -0.870 e. The maximum Gasteiger partial charge on any atom is 0.253 e. The summed E-state index contributed by atoms with van der Waals surface area (Å²) in [4.78, 5) is 186. The minimum atomic E-state index is -1.65. The Kier molecular flexibility index (Phi) is 29.1. The van der Waals surface area contributed by atoms with Crippen molar-refractivity contribution in [2.45, 2.75) is 165 Å². The number of thiol groups is 1. The molecule has 5 aliphatic rings. The third kappa shape index (κ3) is 21.1. The maximum atomic E-state index is 15.0. The number of amides is 10. The maximum absolute atomic E-state index is 15.0. The number of fused-ring (bicyclic) bond motifs is 5. The monoisotopic (exact) mass is 1350 g/mol. The van der Waals surface area contributed by atoms with Crippen LogP contribution in [0.25, 0.3) is 10.9 Å². The number of rotatable bonds is 24. The van der Waals surface area contributed by atoms with Gasteiger partial charge >= 0.3 is 0 Å². The highest BCUT2D eigenvalue weighted by atomic mass is 32.2. The highest BCUT2D eigenvalue weighted by Crippen LogP contribution is 2.40. The van der Waals surface area contributed by atoms with Crippen LogP contribution in [0.3, 0.4) is 0 Å². The van der Waals surface area contributed by atoms with Gasteiger partial charge in [-0.3, -0.25) is 72.1 Å². The summed E-state index contributed by atoms with van der Waals surface area (Å²) < 4.78 is 0. The summed E-state index contributed by atoms with van der Waals surface area (Å²) in [5, 5.41) is 60.8. The van der Waals surface area contributed by atoms with Crippen LogP contribution in [0.2, 0.25) is 0 Å². The van der Waals surface area contributed by atoms with Crippen LogP contribution in [0.1, 0.15) is 123 Å². The summed E-state index contributed by atoms with van der Waals surface area (Å²) in [5.41, 5.74) is 6.86. The number of aliphatic hydroxyl groups is 3. The van der Waals surface area contributed by atoms with Gasteiger partial charge in [-0.25, -0.2) is 0 Å². The normalized spacial score (nSPS) is 24.2. The van der Waals surface area contributed by atoms with E-state index < -0.39 is 158 Å². The second kappa shape index (κ2) is 36.3. The number of Topliss-reactive ketones (excluding diaryl/α,β-unsaturated/α-hetero) is 3. The van der Waals surface area contributed by atoms with Crippen LogP contribution in [0.4, 0.5) is 5.69 Å². The molecule has 95 heavy (non-hydrogen) atoms. The highest BCUT2D eigenvalue weighted by molar-refractivity contribution is 7.78. The first kappa shape index (κ1) is 76.2. The van der Waals surface area contributed by atoms with Crippen LogP contribution < -0.4 is 42.5 Å². The molecule has 0 saturated carbocycles. The SMILES string of the molecule is CC[C@H](C)[C@@H]1NC(=O)CNC(=O)[C@@H]2CC(=O)[C@H]([C@@H](C)[C@@H](O)CO)NC(=O)[C@@H]3C[C@@H](O)CN3C(=O)[C@H](CC(N)=O)CC(=O)[C@H](C[SH+]c3[nH]c4c(N5CCN(CCNC(=O)CCCCCCC(=O)CCCCCN6C(=O)C=CC6=O)CC5)c(O)ccc4c3C2)NC(=O)CNC1=O.[OH-]. The summed E-state index contributed by atoms with van der Waals surface area (Å²) in [6.45, 7) is 5.29. The van der Waals surface area contributed by atoms with Crippen molar-refractivity contribution < 1.29 is 88.2 Å². The molecule has 30 nitrogen and oxygen atoms in total. The summed E-state index contributed by atoms with van der Waals surface area (Å²) in [6.07, 6.45) is 3.60. The molecule has 2 saturated heterocycles. The standard InChI is InChI=1S/C64H92N12O17S.H2O/c1-4-36(2)56-62(92)68-31-52(86)69-44-35-94-63-43(26-38(60(90)67-32-53(87)70-56)27-48(82)57(37(3)49(83)34-77)71-61(91)45-30-41(79)33-76(45)64(93)39(28-47(44)81)29-50(65)84)42-15-16-46(80)59(58(42)72-63)74-24-22-73(23-25-74)21-19-66-51(85)14-10-6-5-8-12-40(78)13-9-7-11-20-75-54(88)17-18-55(75)89;/h15-18,36-39,41,44-45,49,56-57,72,77,79-80,83H,4-14,19-35H2,1-3H3,(H2,65,84)(H,66,85)(H,67,90)(H,68,92)(H,69,86)(H,70,87)(H,71,91);1H2/t36-,37-,38-,39-,41+,44-,45-,49-,56-,57-;/m0./s1. The number of imide groups is 1. The quantitative estimate of drug-likeness (QED) is 0.0229. The van der Waals surface area contributed by atoms with Gasteiger partial charge < -0.3 is 78.3 Å².